The first-order valence-corrected chi connectivity index (χ1v) is 23.4. The van der Waals surface area contributed by atoms with E-state index in [-0.39, 0.29) is 5.91 Å². The second kappa shape index (κ2) is 36.7. The van der Waals surface area contributed by atoms with Gasteiger partial charge in [0.15, 0.2) is 0 Å². The molecule has 1 aliphatic rings. The summed E-state index contributed by atoms with van der Waals surface area (Å²) in [7, 11) is -1.32. The molecule has 308 valence electrons. The van der Waals surface area contributed by atoms with Gasteiger partial charge in [-0.2, -0.15) is 0 Å². The zero-order valence-corrected chi connectivity index (χ0v) is 35.6. The van der Waals surface area contributed by atoms with E-state index in [4.69, 9.17) is 4.99 Å². The highest BCUT2D eigenvalue weighted by molar-refractivity contribution is 7.80. The van der Waals surface area contributed by atoms with Gasteiger partial charge < -0.3 is 9.87 Å². The molecule has 0 saturated heterocycles. The molecule has 9 heteroatoms. The predicted octanol–water partition coefficient (Wildman–Crippen LogP) is 11.7. The van der Waals surface area contributed by atoms with Gasteiger partial charge in [-0.25, -0.2) is 13.4 Å². The number of carbonyl (C=O) groups is 1. The molecular formula is C43H85N3O5S. The van der Waals surface area contributed by atoms with Crippen molar-refractivity contribution < 1.29 is 26.4 Å². The average molecular weight is 756 g/mol. The quantitative estimate of drug-likeness (QED) is 0.0296. The molecular weight excluding hydrogens is 671 g/mol. The van der Waals surface area contributed by atoms with Gasteiger partial charge in [-0.05, 0) is 19.3 Å². The van der Waals surface area contributed by atoms with Crippen LogP contribution in [0.3, 0.4) is 0 Å². The molecule has 0 spiro atoms. The lowest BCUT2D eigenvalue weighted by Gasteiger charge is -2.28. The van der Waals surface area contributed by atoms with Crippen molar-refractivity contribution in [3.8, 4) is 0 Å². The molecule has 0 bridgehead atoms. The fraction of sp³-hybridized carbons (Fsp3) is 0.907. The Hall–Kier alpha value is -1.29. The van der Waals surface area contributed by atoms with Crippen LogP contribution in [0, 0.1) is 0 Å². The highest BCUT2D eigenvalue weighted by atomic mass is 32.3. The van der Waals surface area contributed by atoms with E-state index in [1.54, 1.807) is 0 Å². The molecule has 1 heterocycles. The van der Waals surface area contributed by atoms with Crippen LogP contribution in [0.15, 0.2) is 17.1 Å². The number of nitrogens with one attached hydrogen (secondary N) is 1. The molecule has 0 radical (unpaired) electrons. The van der Waals surface area contributed by atoms with Crippen molar-refractivity contribution in [2.75, 3.05) is 40.3 Å². The summed E-state index contributed by atoms with van der Waals surface area (Å²) in [5.74, 6) is 1.43. The Balaban J connectivity index is 0.00000397. The molecule has 1 amide bonds. The number of hydrogen-bond donors (Lipinski definition) is 1. The van der Waals surface area contributed by atoms with Crippen LogP contribution in [-0.4, -0.2) is 69.5 Å². The van der Waals surface area contributed by atoms with Crippen molar-refractivity contribution in [2.45, 2.75) is 213 Å². The first kappa shape index (κ1) is 50.7. The summed E-state index contributed by atoms with van der Waals surface area (Å²) in [5, 5.41) is 3.20. The van der Waals surface area contributed by atoms with Crippen LogP contribution in [0.2, 0.25) is 0 Å². The van der Waals surface area contributed by atoms with Crippen LogP contribution >= 0.6 is 0 Å². The first-order valence-electron chi connectivity index (χ1n) is 22.0. The molecule has 0 aromatic heterocycles. The van der Waals surface area contributed by atoms with E-state index in [2.05, 4.69) is 42.5 Å². The van der Waals surface area contributed by atoms with E-state index >= 15 is 0 Å². The average Bonchev–Trinajstić information content (AvgIpc) is 3.49. The number of aliphatic imine (C=N–C) groups is 1. The van der Waals surface area contributed by atoms with Gasteiger partial charge in [-0.3, -0.25) is 13.5 Å². The Morgan fingerprint density at radius 2 is 1.06 bits per heavy atom. The van der Waals surface area contributed by atoms with Crippen LogP contribution in [0.25, 0.3) is 0 Å². The van der Waals surface area contributed by atoms with Crippen LogP contribution in [-0.2, 0) is 19.4 Å². The third-order valence-electron chi connectivity index (χ3n) is 10.6. The van der Waals surface area contributed by atoms with Gasteiger partial charge in [-0.15, -0.1) is 0 Å². The zero-order valence-electron chi connectivity index (χ0n) is 34.7. The number of quaternary nitrogens is 1. The summed E-state index contributed by atoms with van der Waals surface area (Å²) >= 11 is 0. The number of allylic oxidation sites excluding steroid dienone is 1. The van der Waals surface area contributed by atoms with Gasteiger partial charge in [0.1, 0.15) is 13.1 Å². The van der Waals surface area contributed by atoms with Crippen molar-refractivity contribution >= 4 is 22.1 Å². The molecule has 0 aromatic rings. The molecule has 8 nitrogen and oxygen atoms in total. The number of carbonyl (C=O) groups excluding carboxylic acids is 1. The number of likely N-dealkylation sites (N-methyl/N-ethyl adjacent to an activating group) is 1. The molecule has 0 fully saturated rings. The van der Waals surface area contributed by atoms with E-state index in [9.17, 15) is 17.8 Å². The summed E-state index contributed by atoms with van der Waals surface area (Å²) in [6.45, 7) is 8.23. The summed E-state index contributed by atoms with van der Waals surface area (Å²) in [6.07, 6.45) is 46.6. The van der Waals surface area contributed by atoms with E-state index in [1.807, 2.05) is 0 Å². The van der Waals surface area contributed by atoms with Crippen molar-refractivity contribution in [1.29, 1.82) is 0 Å². The predicted molar refractivity (Wildman–Crippen MR) is 222 cm³/mol. The Morgan fingerprint density at radius 1 is 0.692 bits per heavy atom. The van der Waals surface area contributed by atoms with Gasteiger partial charge in [0, 0.05) is 12.5 Å². The van der Waals surface area contributed by atoms with Crippen molar-refractivity contribution in [3.63, 3.8) is 0 Å². The monoisotopic (exact) mass is 756 g/mol. The molecule has 1 N–H and O–H groups in total. The molecule has 0 aliphatic carbocycles. The Bertz CT molecular complexity index is 972. The number of amides is 1. The topological polar surface area (TPSA) is 108 Å². The smallest absolute Gasteiger partial charge is 0.222 e. The van der Waals surface area contributed by atoms with E-state index in [0.29, 0.717) is 6.42 Å². The van der Waals surface area contributed by atoms with Gasteiger partial charge in [-0.1, -0.05) is 193 Å². The summed E-state index contributed by atoms with van der Waals surface area (Å²) in [5.41, 5.74) is 0. The van der Waals surface area contributed by atoms with Crippen molar-refractivity contribution in [1.82, 2.24) is 5.32 Å². The molecule has 1 aliphatic heterocycles. The second-order valence-electron chi connectivity index (χ2n) is 15.5. The van der Waals surface area contributed by atoms with E-state index in [0.717, 1.165) is 50.6 Å². The lowest BCUT2D eigenvalue weighted by molar-refractivity contribution is -0.811. The number of unbranched alkanes of at least 4 members (excludes halogenated alkanes) is 28. The van der Waals surface area contributed by atoms with E-state index < -0.39 is 10.4 Å². The van der Waals surface area contributed by atoms with Crippen LogP contribution in [0.5, 0.6) is 0 Å². The standard InChI is InChI=1S/C42H81N3O.CH4O4S/c1-4-6-8-10-12-14-16-18-20-22-23-25-27-29-31-33-35-41-43-37-39-45(41,3)40-38-44-42(46)36-34-32-30-28-26-24-21-19-17-15-13-11-9-7-5-2;1-5-6(2,3)4/h33,35H,4-32,34,36-40H2,1-3H3;1H3,(H,2,3,4). The Labute approximate surface area is 323 Å². The molecule has 1 atom stereocenters. The molecule has 0 aromatic carbocycles. The minimum atomic E-state index is -4.41. The van der Waals surface area contributed by atoms with Gasteiger partial charge in [0.2, 0.25) is 22.1 Å². The normalized spacial score (nSPS) is 15.9. The fourth-order valence-corrected chi connectivity index (χ4v) is 6.96. The minimum absolute atomic E-state index is 0.229. The van der Waals surface area contributed by atoms with Gasteiger partial charge >= 0.3 is 0 Å². The number of hydrogen-bond acceptors (Lipinski definition) is 6. The molecule has 0 saturated carbocycles. The Kier molecular flexibility index (Phi) is 35.8. The van der Waals surface area contributed by atoms with Crippen molar-refractivity contribution in [3.05, 3.63) is 12.2 Å². The fourth-order valence-electron chi connectivity index (χ4n) is 6.96. The third-order valence-corrected chi connectivity index (χ3v) is 11.0. The highest BCUT2D eigenvalue weighted by Gasteiger charge is 2.31. The minimum Gasteiger partial charge on any atom is -0.726 e. The summed E-state index contributed by atoms with van der Waals surface area (Å²) in [4.78, 5) is 17.2. The first-order chi connectivity index (χ1) is 25.2. The largest absolute Gasteiger partial charge is 0.726 e. The number of amidine groups is 1. The summed E-state index contributed by atoms with van der Waals surface area (Å²) < 4.78 is 31.9. The van der Waals surface area contributed by atoms with E-state index in [1.165, 1.54) is 186 Å². The number of rotatable bonds is 36. The second-order valence-corrected chi connectivity index (χ2v) is 16.6. The zero-order chi connectivity index (χ0) is 38.4. The maximum Gasteiger partial charge on any atom is 0.222 e. The lowest BCUT2D eigenvalue weighted by Crippen LogP contribution is -2.50. The third kappa shape index (κ3) is 34.5. The van der Waals surface area contributed by atoms with Crippen LogP contribution in [0.4, 0.5) is 0 Å². The molecule has 1 rings (SSSR count). The van der Waals surface area contributed by atoms with Crippen molar-refractivity contribution in [2.24, 2.45) is 4.99 Å². The maximum atomic E-state index is 12.4. The number of nitrogens with zero attached hydrogens (tertiary/aromatic N) is 2. The van der Waals surface area contributed by atoms with Crippen LogP contribution < -0.4 is 5.32 Å². The van der Waals surface area contributed by atoms with Gasteiger partial charge in [0.05, 0.1) is 27.2 Å². The van der Waals surface area contributed by atoms with Crippen LogP contribution in [0.1, 0.15) is 213 Å². The maximum absolute atomic E-state index is 12.4. The molecule has 1 unspecified atom stereocenters. The SMILES string of the molecule is CCCCCCCCCCCCCCCCC=CC1=NCC[N+]1(C)CCNC(=O)CCCCCCCCCCCCCCCCC.COS(=O)(=O)[O-]. The highest BCUT2D eigenvalue weighted by Crippen LogP contribution is 2.16. The summed E-state index contributed by atoms with van der Waals surface area (Å²) in [6, 6.07) is 0. The lowest BCUT2D eigenvalue weighted by atomic mass is 10.0. The van der Waals surface area contributed by atoms with Gasteiger partial charge in [0.25, 0.3) is 0 Å². The molecule has 52 heavy (non-hydrogen) atoms. The Morgan fingerprint density at radius 3 is 1.44 bits per heavy atom.